The van der Waals surface area contributed by atoms with Crippen molar-refractivity contribution in [1.29, 1.82) is 0 Å². The number of benzene rings is 2. The number of sulfonamides is 1. The van der Waals surface area contributed by atoms with Crippen LogP contribution in [-0.4, -0.2) is 61.6 Å². The van der Waals surface area contributed by atoms with Crippen molar-refractivity contribution >= 4 is 32.3 Å². The Hall–Kier alpha value is -3.26. The highest BCUT2D eigenvalue weighted by molar-refractivity contribution is 7.93. The molecule has 13 heteroatoms. The van der Waals surface area contributed by atoms with Gasteiger partial charge in [0.1, 0.15) is 12.5 Å². The molecule has 36 heavy (non-hydrogen) atoms. The molecule has 0 amide bonds. The summed E-state index contributed by atoms with van der Waals surface area (Å²) >= 11 is 0. The summed E-state index contributed by atoms with van der Waals surface area (Å²) in [4.78, 5) is 11.7. The molecule has 194 valence electrons. The number of aldehydes is 1. The van der Waals surface area contributed by atoms with Crippen LogP contribution in [0.1, 0.15) is 21.6 Å². The van der Waals surface area contributed by atoms with Crippen molar-refractivity contribution in [2.75, 3.05) is 37.6 Å². The smallest absolute Gasteiger partial charge is 0.306 e. The van der Waals surface area contributed by atoms with Crippen molar-refractivity contribution in [2.24, 2.45) is 0 Å². The first-order valence-electron chi connectivity index (χ1n) is 10.6. The van der Waals surface area contributed by atoms with Gasteiger partial charge < -0.3 is 18.2 Å². The molecule has 3 aromatic rings. The Morgan fingerprint density at radius 3 is 2.36 bits per heavy atom. The summed E-state index contributed by atoms with van der Waals surface area (Å²) in [6.45, 7) is 3.37. The molecule has 0 N–H and O–H groups in total. The zero-order chi connectivity index (χ0) is 26.5. The number of carbonyl (C=O) groups is 1. The molecule has 0 atom stereocenters. The topological polar surface area (TPSA) is 142 Å². The molecule has 0 radical (unpaired) electrons. The second-order valence-corrected chi connectivity index (χ2v) is 11.1. The van der Waals surface area contributed by atoms with Gasteiger partial charge in [-0.25, -0.2) is 12.7 Å². The van der Waals surface area contributed by atoms with Gasteiger partial charge in [0.05, 0.1) is 30.1 Å². The molecule has 1 aromatic heterocycles. The summed E-state index contributed by atoms with van der Waals surface area (Å²) in [7, 11) is -6.63. The predicted octanol–water partition coefficient (Wildman–Crippen LogP) is 2.93. The minimum Gasteiger partial charge on any atom is -0.383 e. The fraction of sp³-hybridized carbons (Fsp3) is 0.304. The average Bonchev–Trinajstić information content (AvgIpc) is 3.15. The van der Waals surface area contributed by atoms with Crippen LogP contribution in [0.2, 0.25) is 0 Å². The van der Waals surface area contributed by atoms with Crippen LogP contribution in [0.25, 0.3) is 11.1 Å². The number of ether oxygens (including phenoxy) is 2. The standard InChI is InChI=1S/C23H26N2O9S2/c1-16-17(2)24-33-23(16)25(15-32-12-11-31-3)36(29,30)22-8-6-5-7-21(22)20-10-9-19(13-18(20)14-26)34-35(4,27)28/h5-10,13-14H,11-12,15H2,1-4H3. The maximum Gasteiger partial charge on any atom is 0.306 e. The molecule has 0 aliphatic rings. The summed E-state index contributed by atoms with van der Waals surface area (Å²) < 4.78 is 72.5. The van der Waals surface area contributed by atoms with Crippen molar-refractivity contribution < 1.29 is 39.8 Å². The maximum atomic E-state index is 13.9. The molecule has 1 heterocycles. The highest BCUT2D eigenvalue weighted by Gasteiger charge is 2.32. The van der Waals surface area contributed by atoms with E-state index in [1.165, 1.54) is 37.4 Å². The number of rotatable bonds is 12. The number of hydrogen-bond acceptors (Lipinski definition) is 10. The molecular weight excluding hydrogens is 512 g/mol. The second kappa shape index (κ2) is 11.2. The van der Waals surface area contributed by atoms with Gasteiger partial charge in [-0.1, -0.05) is 23.4 Å². The number of carbonyl (C=O) groups excluding carboxylic acids is 1. The van der Waals surface area contributed by atoms with Gasteiger partial charge in [-0.05, 0) is 43.7 Å². The minimum absolute atomic E-state index is 0.00719. The number of methoxy groups -OCH3 is 1. The van der Waals surface area contributed by atoms with Crippen LogP contribution in [0, 0.1) is 13.8 Å². The third-order valence-corrected chi connectivity index (χ3v) is 7.40. The van der Waals surface area contributed by atoms with E-state index >= 15 is 0 Å². The fourth-order valence-corrected chi connectivity index (χ4v) is 5.30. The van der Waals surface area contributed by atoms with Crippen LogP contribution in [0.5, 0.6) is 5.75 Å². The van der Waals surface area contributed by atoms with Crippen molar-refractivity contribution in [3.05, 3.63) is 59.3 Å². The summed E-state index contributed by atoms with van der Waals surface area (Å²) in [6.07, 6.45) is 1.36. The van der Waals surface area contributed by atoms with Crippen molar-refractivity contribution in [1.82, 2.24) is 5.16 Å². The molecule has 0 fully saturated rings. The zero-order valence-corrected chi connectivity index (χ0v) is 21.8. The predicted molar refractivity (Wildman–Crippen MR) is 131 cm³/mol. The Morgan fingerprint density at radius 2 is 1.75 bits per heavy atom. The van der Waals surface area contributed by atoms with Crippen molar-refractivity contribution in [3.8, 4) is 16.9 Å². The lowest BCUT2D eigenvalue weighted by Gasteiger charge is -2.23. The van der Waals surface area contributed by atoms with E-state index in [0.717, 1.165) is 10.6 Å². The summed E-state index contributed by atoms with van der Waals surface area (Å²) in [5, 5.41) is 3.86. The van der Waals surface area contributed by atoms with Crippen LogP contribution >= 0.6 is 0 Å². The number of aryl methyl sites for hydroxylation is 1. The van der Waals surface area contributed by atoms with Gasteiger partial charge in [-0.3, -0.25) is 4.79 Å². The van der Waals surface area contributed by atoms with Crippen molar-refractivity contribution in [2.45, 2.75) is 18.7 Å². The summed E-state index contributed by atoms with van der Waals surface area (Å²) in [6, 6.07) is 10.1. The quantitative estimate of drug-likeness (QED) is 0.146. The van der Waals surface area contributed by atoms with Gasteiger partial charge in [-0.15, -0.1) is 0 Å². The highest BCUT2D eigenvalue weighted by Crippen LogP contribution is 2.36. The van der Waals surface area contributed by atoms with E-state index in [-0.39, 0.29) is 53.2 Å². The van der Waals surface area contributed by atoms with Crippen LogP contribution < -0.4 is 8.49 Å². The number of anilines is 1. The highest BCUT2D eigenvalue weighted by atomic mass is 32.2. The fourth-order valence-electron chi connectivity index (χ4n) is 3.31. The molecule has 11 nitrogen and oxygen atoms in total. The molecule has 0 unspecified atom stereocenters. The normalized spacial score (nSPS) is 11.9. The zero-order valence-electron chi connectivity index (χ0n) is 20.1. The molecule has 0 saturated heterocycles. The van der Waals surface area contributed by atoms with Crippen LogP contribution in [0.4, 0.5) is 5.88 Å². The third kappa shape index (κ3) is 6.10. The molecular formula is C23H26N2O9S2. The molecule has 3 rings (SSSR count). The molecule has 0 spiro atoms. The van der Waals surface area contributed by atoms with Gasteiger partial charge in [0.2, 0.25) is 5.88 Å². The van der Waals surface area contributed by atoms with Gasteiger partial charge in [0.15, 0.2) is 6.29 Å². The number of nitrogens with zero attached hydrogens (tertiary/aromatic N) is 2. The minimum atomic E-state index is -4.30. The Bertz CT molecular complexity index is 1450. The van der Waals surface area contributed by atoms with E-state index in [0.29, 0.717) is 17.5 Å². The lowest BCUT2D eigenvalue weighted by Crippen LogP contribution is -2.34. The SMILES string of the molecule is COCCOCN(c1onc(C)c1C)S(=O)(=O)c1ccccc1-c1ccc(OS(C)(=O)=O)cc1C=O. The molecule has 2 aromatic carbocycles. The first kappa shape index (κ1) is 27.3. The van der Waals surface area contributed by atoms with E-state index in [9.17, 15) is 21.6 Å². The maximum absolute atomic E-state index is 13.9. The van der Waals surface area contributed by atoms with Gasteiger partial charge >= 0.3 is 10.1 Å². The van der Waals surface area contributed by atoms with Crippen molar-refractivity contribution in [3.63, 3.8) is 0 Å². The Morgan fingerprint density at radius 1 is 1.03 bits per heavy atom. The van der Waals surface area contributed by atoms with E-state index in [1.807, 2.05) is 0 Å². The summed E-state index contributed by atoms with van der Waals surface area (Å²) in [5.74, 6) is -0.0863. The first-order valence-corrected chi connectivity index (χ1v) is 13.9. The van der Waals surface area contributed by atoms with Gasteiger partial charge in [0, 0.05) is 23.8 Å². The monoisotopic (exact) mass is 538 g/mol. The molecule has 0 aliphatic carbocycles. The third-order valence-electron chi connectivity index (χ3n) is 5.14. The Kier molecular flexibility index (Phi) is 8.51. The van der Waals surface area contributed by atoms with E-state index in [1.54, 1.807) is 26.0 Å². The lowest BCUT2D eigenvalue weighted by molar-refractivity contribution is 0.0744. The Labute approximate surface area is 209 Å². The van der Waals surface area contributed by atoms with Crippen LogP contribution in [0.15, 0.2) is 51.9 Å². The molecule has 0 aliphatic heterocycles. The van der Waals surface area contributed by atoms with E-state index in [2.05, 4.69) is 5.16 Å². The number of aromatic nitrogens is 1. The van der Waals surface area contributed by atoms with E-state index < -0.39 is 20.1 Å². The molecule has 0 saturated carbocycles. The van der Waals surface area contributed by atoms with Gasteiger partial charge in [-0.2, -0.15) is 8.42 Å². The largest absolute Gasteiger partial charge is 0.383 e. The second-order valence-electron chi connectivity index (χ2n) is 7.73. The number of hydrogen-bond donors (Lipinski definition) is 0. The van der Waals surface area contributed by atoms with Gasteiger partial charge in [0.25, 0.3) is 10.0 Å². The first-order chi connectivity index (χ1) is 17.0. The lowest BCUT2D eigenvalue weighted by atomic mass is 10.00. The Balaban J connectivity index is 2.13. The van der Waals surface area contributed by atoms with Crippen LogP contribution in [-0.2, 0) is 29.6 Å². The van der Waals surface area contributed by atoms with E-state index in [4.69, 9.17) is 18.2 Å². The van der Waals surface area contributed by atoms with Crippen LogP contribution in [0.3, 0.4) is 0 Å². The summed E-state index contributed by atoms with van der Waals surface area (Å²) in [5.41, 5.74) is 1.53. The molecule has 0 bridgehead atoms. The average molecular weight is 539 g/mol.